The highest BCUT2D eigenvalue weighted by atomic mass is 16.5. The topological polar surface area (TPSA) is 112 Å². The van der Waals surface area contributed by atoms with E-state index in [0.29, 0.717) is 5.56 Å². The molecule has 3 rings (SSSR count). The van der Waals surface area contributed by atoms with Crippen LogP contribution in [0.4, 0.5) is 0 Å². The van der Waals surface area contributed by atoms with Crippen LogP contribution in [0.5, 0.6) is 0 Å². The van der Waals surface area contributed by atoms with E-state index in [1.807, 2.05) is 24.3 Å². The van der Waals surface area contributed by atoms with Gasteiger partial charge < -0.3 is 10.2 Å². The highest BCUT2D eigenvalue weighted by Gasteiger charge is 2.33. The number of hydrogen-bond donors (Lipinski definition) is 3. The van der Waals surface area contributed by atoms with Gasteiger partial charge in [0.25, 0.3) is 17.7 Å². The van der Waals surface area contributed by atoms with Crippen LogP contribution in [-0.4, -0.2) is 52.9 Å². The van der Waals surface area contributed by atoms with Crippen LogP contribution in [0.2, 0.25) is 0 Å². The Morgan fingerprint density at radius 3 is 2.32 bits per heavy atom. The van der Waals surface area contributed by atoms with Gasteiger partial charge in [-0.05, 0) is 47.9 Å². The Labute approximate surface area is 178 Å². The largest absolute Gasteiger partial charge is 0.357 e. The molecule has 8 nitrogen and oxygen atoms in total. The van der Waals surface area contributed by atoms with Crippen molar-refractivity contribution in [2.24, 2.45) is 0 Å². The van der Waals surface area contributed by atoms with E-state index in [9.17, 15) is 14.4 Å². The number of hydroxylamine groups is 1. The lowest BCUT2D eigenvalue weighted by Crippen LogP contribution is -2.54. The second kappa shape index (κ2) is 9.52. The molecule has 156 valence electrons. The van der Waals surface area contributed by atoms with Crippen LogP contribution in [0.1, 0.15) is 21.5 Å². The predicted molar refractivity (Wildman–Crippen MR) is 114 cm³/mol. The van der Waals surface area contributed by atoms with Gasteiger partial charge in [0.15, 0.2) is 6.04 Å². The van der Waals surface area contributed by atoms with Crippen molar-refractivity contribution in [2.45, 2.75) is 6.04 Å². The number of hydrogen-bond acceptors (Lipinski definition) is 5. The van der Waals surface area contributed by atoms with E-state index in [1.54, 1.807) is 36.7 Å². The van der Waals surface area contributed by atoms with E-state index in [0.717, 1.165) is 21.2 Å². The molecule has 1 aromatic heterocycles. The molecule has 0 fully saturated rings. The Morgan fingerprint density at radius 2 is 1.65 bits per heavy atom. The number of benzene rings is 2. The number of carbonyl (C=O) groups excluding carboxylic acids is 3. The van der Waals surface area contributed by atoms with Crippen molar-refractivity contribution >= 4 is 28.5 Å². The van der Waals surface area contributed by atoms with E-state index < -0.39 is 23.8 Å². The summed E-state index contributed by atoms with van der Waals surface area (Å²) < 4.78 is 0. The van der Waals surface area contributed by atoms with Gasteiger partial charge in [-0.1, -0.05) is 17.9 Å². The van der Waals surface area contributed by atoms with Crippen LogP contribution in [-0.2, 0) is 9.59 Å². The summed E-state index contributed by atoms with van der Waals surface area (Å²) >= 11 is 0. The van der Waals surface area contributed by atoms with Crippen molar-refractivity contribution in [3.63, 3.8) is 0 Å². The molecule has 31 heavy (non-hydrogen) atoms. The SMILES string of the molecule is CNC(=O)C(C(=O)NO)N(C)C(=O)c1ccc(C#Cc2ccc3cnccc3c2)cc1. The Bertz CT molecular complexity index is 1180. The number of amides is 3. The van der Waals surface area contributed by atoms with E-state index in [1.165, 1.54) is 19.6 Å². The molecule has 3 aromatic rings. The second-order valence-corrected chi connectivity index (χ2v) is 6.67. The third kappa shape index (κ3) is 4.86. The number of likely N-dealkylation sites (N-methyl/N-ethyl adjacent to an activating group) is 2. The molecule has 1 heterocycles. The van der Waals surface area contributed by atoms with Crippen molar-refractivity contribution in [3.05, 3.63) is 77.6 Å². The smallest absolute Gasteiger partial charge is 0.275 e. The van der Waals surface area contributed by atoms with Crippen molar-refractivity contribution in [2.75, 3.05) is 14.1 Å². The lowest BCUT2D eigenvalue weighted by Gasteiger charge is -2.25. The summed E-state index contributed by atoms with van der Waals surface area (Å²) in [5.74, 6) is 3.84. The van der Waals surface area contributed by atoms with Gasteiger partial charge >= 0.3 is 0 Å². The van der Waals surface area contributed by atoms with Crippen molar-refractivity contribution in [1.29, 1.82) is 0 Å². The Morgan fingerprint density at radius 1 is 0.968 bits per heavy atom. The van der Waals surface area contributed by atoms with Gasteiger partial charge in [0.1, 0.15) is 0 Å². The van der Waals surface area contributed by atoms with Gasteiger partial charge in [0.05, 0.1) is 0 Å². The first-order chi connectivity index (χ1) is 14.9. The van der Waals surface area contributed by atoms with Crippen LogP contribution in [0, 0.1) is 11.8 Å². The second-order valence-electron chi connectivity index (χ2n) is 6.67. The number of carbonyl (C=O) groups is 3. The number of rotatable bonds is 4. The number of nitrogens with one attached hydrogen (secondary N) is 2. The van der Waals surface area contributed by atoms with Gasteiger partial charge in [-0.2, -0.15) is 0 Å². The average Bonchev–Trinajstić information content (AvgIpc) is 2.82. The maximum Gasteiger partial charge on any atom is 0.275 e. The molecular weight excluding hydrogens is 396 g/mol. The number of pyridine rings is 1. The number of aromatic nitrogens is 1. The summed E-state index contributed by atoms with van der Waals surface area (Å²) in [4.78, 5) is 41.5. The summed E-state index contributed by atoms with van der Waals surface area (Å²) in [5.41, 5.74) is 3.22. The van der Waals surface area contributed by atoms with Crippen LogP contribution in [0.3, 0.4) is 0 Å². The summed E-state index contributed by atoms with van der Waals surface area (Å²) in [5, 5.41) is 13.2. The molecule has 1 unspecified atom stereocenters. The Kier molecular flexibility index (Phi) is 6.60. The van der Waals surface area contributed by atoms with E-state index in [-0.39, 0.29) is 5.56 Å². The molecule has 0 aliphatic rings. The zero-order chi connectivity index (χ0) is 22.4. The standard InChI is InChI=1S/C23H20N4O4/c1-24-21(28)20(22(29)26-31)27(2)23(30)17-8-5-15(6-9-17)3-4-16-7-10-19-14-25-12-11-18(19)13-16/h5-14,20,31H,1-2H3,(H,24,28)(H,26,29). The van der Waals surface area contributed by atoms with Crippen LogP contribution in [0.25, 0.3) is 10.8 Å². The van der Waals surface area contributed by atoms with Gasteiger partial charge in [0.2, 0.25) is 0 Å². The minimum atomic E-state index is -1.51. The van der Waals surface area contributed by atoms with Crippen LogP contribution in [0.15, 0.2) is 60.9 Å². The summed E-state index contributed by atoms with van der Waals surface area (Å²) in [6.07, 6.45) is 3.52. The maximum absolute atomic E-state index is 12.7. The minimum absolute atomic E-state index is 0.269. The monoisotopic (exact) mass is 416 g/mol. The summed E-state index contributed by atoms with van der Waals surface area (Å²) in [7, 11) is 2.64. The van der Waals surface area contributed by atoms with Crippen LogP contribution < -0.4 is 10.8 Å². The Hall–Kier alpha value is -4.22. The quantitative estimate of drug-likeness (QED) is 0.257. The first-order valence-corrected chi connectivity index (χ1v) is 9.33. The molecule has 3 amide bonds. The third-order valence-electron chi connectivity index (χ3n) is 4.68. The van der Waals surface area contributed by atoms with E-state index >= 15 is 0 Å². The first-order valence-electron chi connectivity index (χ1n) is 9.33. The number of fused-ring (bicyclic) bond motifs is 1. The Balaban J connectivity index is 1.77. The first kappa shape index (κ1) is 21.5. The molecule has 0 aliphatic carbocycles. The van der Waals surface area contributed by atoms with E-state index in [4.69, 9.17) is 5.21 Å². The minimum Gasteiger partial charge on any atom is -0.357 e. The molecule has 3 N–H and O–H groups in total. The van der Waals surface area contributed by atoms with Crippen molar-refractivity contribution in [3.8, 4) is 11.8 Å². The molecule has 2 aromatic carbocycles. The highest BCUT2D eigenvalue weighted by molar-refractivity contribution is 6.08. The molecule has 0 radical (unpaired) electrons. The zero-order valence-electron chi connectivity index (χ0n) is 16.9. The van der Waals surface area contributed by atoms with Gasteiger partial charge in [0, 0.05) is 48.6 Å². The van der Waals surface area contributed by atoms with Gasteiger partial charge in [-0.3, -0.25) is 24.6 Å². The van der Waals surface area contributed by atoms with E-state index in [2.05, 4.69) is 22.1 Å². The highest BCUT2D eigenvalue weighted by Crippen LogP contribution is 2.14. The zero-order valence-corrected chi connectivity index (χ0v) is 16.9. The van der Waals surface area contributed by atoms with Crippen LogP contribution >= 0.6 is 0 Å². The molecule has 0 aliphatic heterocycles. The fourth-order valence-electron chi connectivity index (χ4n) is 2.99. The summed E-state index contributed by atoms with van der Waals surface area (Å²) in [6.45, 7) is 0. The maximum atomic E-state index is 12.7. The van der Waals surface area contributed by atoms with Crippen molar-refractivity contribution in [1.82, 2.24) is 20.7 Å². The third-order valence-corrected chi connectivity index (χ3v) is 4.68. The molecule has 1 atom stereocenters. The fourth-order valence-corrected chi connectivity index (χ4v) is 2.99. The average molecular weight is 416 g/mol. The molecular formula is C23H20N4O4. The molecule has 0 saturated heterocycles. The van der Waals surface area contributed by atoms with Gasteiger partial charge in [-0.25, -0.2) is 5.48 Å². The lowest BCUT2D eigenvalue weighted by molar-refractivity contribution is -0.140. The van der Waals surface area contributed by atoms with Crippen molar-refractivity contribution < 1.29 is 19.6 Å². The molecule has 0 spiro atoms. The van der Waals surface area contributed by atoms with Gasteiger partial charge in [-0.15, -0.1) is 0 Å². The summed E-state index contributed by atoms with van der Waals surface area (Å²) in [6, 6.07) is 12.7. The molecule has 0 saturated carbocycles. The lowest BCUT2D eigenvalue weighted by atomic mass is 10.1. The molecule has 8 heteroatoms. The normalized spacial score (nSPS) is 11.1. The molecule has 0 bridgehead atoms. The predicted octanol–water partition coefficient (Wildman–Crippen LogP) is 1.33. The number of nitrogens with zero attached hydrogens (tertiary/aromatic N) is 2. The fraction of sp³-hybridized carbons (Fsp3) is 0.130.